The van der Waals surface area contributed by atoms with Crippen LogP contribution >= 0.6 is 11.8 Å². The number of fused-ring (bicyclic) bond motifs is 1. The van der Waals surface area contributed by atoms with Gasteiger partial charge in [0.05, 0.1) is 24.6 Å². The summed E-state index contributed by atoms with van der Waals surface area (Å²) in [5.74, 6) is 1.95. The molecule has 50 heavy (non-hydrogen) atoms. The number of morpholine rings is 1. The van der Waals surface area contributed by atoms with E-state index in [0.717, 1.165) is 82.4 Å². The molecule has 6 aromatic rings. The second-order valence-electron chi connectivity index (χ2n) is 13.4. The fourth-order valence-corrected chi connectivity index (χ4v) is 6.61. The largest absolute Gasteiger partial charge is 0.492 e. The first-order valence-corrected chi connectivity index (χ1v) is 17.7. The summed E-state index contributed by atoms with van der Waals surface area (Å²) < 4.78 is 15.3. The number of nitrogens with one attached hydrogen (secondary N) is 1. The number of aryl methyl sites for hydroxylation is 1. The molecule has 10 nitrogen and oxygen atoms in total. The van der Waals surface area contributed by atoms with Gasteiger partial charge in [-0.2, -0.15) is 5.10 Å². The zero-order valence-corrected chi connectivity index (χ0v) is 29.6. The van der Waals surface area contributed by atoms with Gasteiger partial charge >= 0.3 is 0 Å². The molecule has 1 aliphatic rings. The molecule has 1 N–H and O–H groups in total. The summed E-state index contributed by atoms with van der Waals surface area (Å²) >= 11 is 1.57. The zero-order valence-electron chi connectivity index (χ0n) is 28.8. The average Bonchev–Trinajstić information content (AvgIpc) is 3.74. The Bertz CT molecular complexity index is 2110. The fourth-order valence-electron chi connectivity index (χ4n) is 5.72. The van der Waals surface area contributed by atoms with E-state index >= 15 is 0 Å². The molecule has 3 aromatic heterocycles. The van der Waals surface area contributed by atoms with Gasteiger partial charge in [0.1, 0.15) is 18.2 Å². The minimum Gasteiger partial charge on any atom is -0.492 e. The molecule has 1 saturated heterocycles. The number of carbonyl (C=O) groups excluding carboxylic acids is 1. The molecule has 11 heteroatoms. The van der Waals surface area contributed by atoms with Crippen LogP contribution in [0.3, 0.4) is 0 Å². The van der Waals surface area contributed by atoms with E-state index in [1.54, 1.807) is 16.4 Å². The van der Waals surface area contributed by atoms with Crippen LogP contribution in [-0.4, -0.2) is 74.6 Å². The Balaban J connectivity index is 1.07. The molecule has 4 heterocycles. The number of anilines is 1. The van der Waals surface area contributed by atoms with E-state index in [9.17, 15) is 4.79 Å². The van der Waals surface area contributed by atoms with E-state index in [0.29, 0.717) is 18.0 Å². The number of nitrogens with zero attached hydrogens (tertiary/aromatic N) is 6. The van der Waals surface area contributed by atoms with Gasteiger partial charge in [0.25, 0.3) is 5.91 Å². The topological polar surface area (TPSA) is 98.8 Å². The lowest BCUT2D eigenvalue weighted by Gasteiger charge is -2.26. The van der Waals surface area contributed by atoms with Crippen LogP contribution in [0.2, 0.25) is 0 Å². The normalized spacial score (nSPS) is 13.8. The van der Waals surface area contributed by atoms with Gasteiger partial charge in [-0.05, 0) is 61.5 Å². The lowest BCUT2D eigenvalue weighted by atomic mass is 9.92. The number of hydrogen-bond donors (Lipinski definition) is 1. The Morgan fingerprint density at radius 3 is 2.52 bits per heavy atom. The summed E-state index contributed by atoms with van der Waals surface area (Å²) in [5.41, 5.74) is 4.98. The van der Waals surface area contributed by atoms with Gasteiger partial charge < -0.3 is 14.8 Å². The molecule has 1 amide bonds. The van der Waals surface area contributed by atoms with Crippen LogP contribution in [0, 0.1) is 6.92 Å². The number of ether oxygens (including phenoxy) is 2. The molecule has 0 radical (unpaired) electrons. The molecule has 0 spiro atoms. The van der Waals surface area contributed by atoms with Crippen molar-refractivity contribution >= 4 is 29.1 Å². The van der Waals surface area contributed by atoms with E-state index < -0.39 is 0 Å². The van der Waals surface area contributed by atoms with Gasteiger partial charge in [0.2, 0.25) is 0 Å². The first-order chi connectivity index (χ1) is 24.2. The molecule has 1 fully saturated rings. The minimum absolute atomic E-state index is 0.183. The Labute approximate surface area is 296 Å². The van der Waals surface area contributed by atoms with Crippen molar-refractivity contribution in [3.63, 3.8) is 0 Å². The van der Waals surface area contributed by atoms with Crippen LogP contribution in [-0.2, 0) is 10.2 Å². The van der Waals surface area contributed by atoms with Gasteiger partial charge in [-0.15, -0.1) is 10.2 Å². The Morgan fingerprint density at radius 2 is 1.72 bits per heavy atom. The highest BCUT2D eigenvalue weighted by molar-refractivity contribution is 7.99. The molecule has 0 bridgehead atoms. The Morgan fingerprint density at radius 1 is 0.920 bits per heavy atom. The first kappa shape index (κ1) is 33.5. The van der Waals surface area contributed by atoms with E-state index in [-0.39, 0.29) is 11.3 Å². The van der Waals surface area contributed by atoms with Crippen LogP contribution in [0.5, 0.6) is 5.75 Å². The summed E-state index contributed by atoms with van der Waals surface area (Å²) in [6.45, 7) is 13.3. The van der Waals surface area contributed by atoms with Crippen LogP contribution < -0.4 is 10.1 Å². The van der Waals surface area contributed by atoms with Gasteiger partial charge in [0.15, 0.2) is 11.5 Å². The lowest BCUT2D eigenvalue weighted by molar-refractivity contribution is 0.0322. The van der Waals surface area contributed by atoms with Crippen molar-refractivity contribution < 1.29 is 14.3 Å². The summed E-state index contributed by atoms with van der Waals surface area (Å²) in [4.78, 5) is 17.9. The second kappa shape index (κ2) is 14.5. The number of rotatable bonds is 10. The van der Waals surface area contributed by atoms with Crippen molar-refractivity contribution in [2.75, 3.05) is 44.8 Å². The second-order valence-corrected chi connectivity index (χ2v) is 14.6. The molecule has 0 unspecified atom stereocenters. The van der Waals surface area contributed by atoms with Gasteiger partial charge in [-0.25, -0.2) is 4.68 Å². The van der Waals surface area contributed by atoms with Gasteiger partial charge in [0, 0.05) is 58.2 Å². The lowest BCUT2D eigenvalue weighted by Crippen LogP contribution is -2.38. The van der Waals surface area contributed by atoms with E-state index in [1.807, 2.05) is 109 Å². The molecular weight excluding hydrogens is 647 g/mol. The zero-order chi connectivity index (χ0) is 34.7. The molecule has 0 aliphatic carbocycles. The summed E-state index contributed by atoms with van der Waals surface area (Å²) in [6.07, 6.45) is 2.03. The van der Waals surface area contributed by atoms with Crippen LogP contribution in [0.15, 0.2) is 107 Å². The average molecular weight is 688 g/mol. The van der Waals surface area contributed by atoms with E-state index in [2.05, 4.69) is 41.2 Å². The fraction of sp³-hybridized carbons (Fsp3) is 0.282. The van der Waals surface area contributed by atoms with Crippen molar-refractivity contribution in [1.82, 2.24) is 29.3 Å². The number of amides is 1. The third kappa shape index (κ3) is 7.75. The van der Waals surface area contributed by atoms with Crippen molar-refractivity contribution in [3.05, 3.63) is 114 Å². The first-order valence-electron chi connectivity index (χ1n) is 16.8. The highest BCUT2D eigenvalue weighted by Gasteiger charge is 2.22. The molecule has 256 valence electrons. The summed E-state index contributed by atoms with van der Waals surface area (Å²) in [7, 11) is 0. The monoisotopic (exact) mass is 687 g/mol. The smallest absolute Gasteiger partial charge is 0.256 e. The molecule has 0 atom stereocenters. The minimum atomic E-state index is -0.204. The van der Waals surface area contributed by atoms with Crippen molar-refractivity contribution in [2.24, 2.45) is 0 Å². The predicted molar refractivity (Wildman–Crippen MR) is 197 cm³/mol. The maximum Gasteiger partial charge on any atom is 0.256 e. The Kier molecular flexibility index (Phi) is 9.71. The third-order valence-electron chi connectivity index (χ3n) is 8.58. The predicted octanol–water partition coefficient (Wildman–Crippen LogP) is 7.30. The maximum absolute atomic E-state index is 13.6. The SMILES string of the molecule is Cc1ccc(-n2nc(C(C)(C)C)cc2NC(=O)c2cccc(Sc3ccc4nnc(-c5cccc(OCCN6CCOCC6)c5)n4c3)c2)cc1. The van der Waals surface area contributed by atoms with E-state index in [1.165, 1.54) is 0 Å². The quantitative estimate of drug-likeness (QED) is 0.160. The third-order valence-corrected chi connectivity index (χ3v) is 9.54. The Hall–Kier alpha value is -4.97. The van der Waals surface area contributed by atoms with Crippen LogP contribution in [0.1, 0.15) is 42.4 Å². The molecular formula is C39H41N7O3S. The highest BCUT2D eigenvalue weighted by atomic mass is 32.2. The van der Waals surface area contributed by atoms with Gasteiger partial charge in [-0.1, -0.05) is 68.4 Å². The van der Waals surface area contributed by atoms with Gasteiger partial charge in [-0.3, -0.25) is 14.1 Å². The molecule has 7 rings (SSSR count). The number of aromatic nitrogens is 5. The van der Waals surface area contributed by atoms with Crippen LogP contribution in [0.25, 0.3) is 22.7 Å². The van der Waals surface area contributed by atoms with Crippen molar-refractivity contribution in [2.45, 2.75) is 42.9 Å². The summed E-state index contributed by atoms with van der Waals surface area (Å²) in [5, 5.41) is 16.9. The number of carbonyl (C=O) groups is 1. The van der Waals surface area contributed by atoms with E-state index in [4.69, 9.17) is 14.6 Å². The number of hydrogen-bond acceptors (Lipinski definition) is 8. The molecule has 1 aliphatic heterocycles. The van der Waals surface area contributed by atoms with Crippen molar-refractivity contribution in [1.29, 1.82) is 0 Å². The van der Waals surface area contributed by atoms with Crippen LogP contribution in [0.4, 0.5) is 5.82 Å². The van der Waals surface area contributed by atoms with Crippen molar-refractivity contribution in [3.8, 4) is 22.8 Å². The number of benzene rings is 3. The maximum atomic E-state index is 13.6. The summed E-state index contributed by atoms with van der Waals surface area (Å²) in [6, 6.07) is 29.7. The number of pyridine rings is 1. The molecule has 3 aromatic carbocycles. The standard InChI is InChI=1S/C39H41N7O3S/c1-27-11-13-30(14-12-27)46-36(25-34(43-46)39(2,3)4)40-38(47)29-8-6-10-32(24-29)50-33-15-16-35-41-42-37(45(35)26-33)28-7-5-9-31(23-28)49-22-19-44-17-20-48-21-18-44/h5-16,23-26H,17-22H2,1-4H3,(H,40,47). The highest BCUT2D eigenvalue weighted by Crippen LogP contribution is 2.31. The molecule has 0 saturated carbocycles.